The van der Waals surface area contributed by atoms with Crippen molar-refractivity contribution in [1.82, 2.24) is 14.8 Å². The largest absolute Gasteiger partial charge is 0.387 e. The van der Waals surface area contributed by atoms with Crippen molar-refractivity contribution in [2.24, 2.45) is 0 Å². The second-order valence-corrected chi connectivity index (χ2v) is 7.97. The van der Waals surface area contributed by atoms with Gasteiger partial charge in [0.15, 0.2) is 0 Å². The molecule has 158 valence electrons. The minimum Gasteiger partial charge on any atom is -0.387 e. The predicted molar refractivity (Wildman–Crippen MR) is 116 cm³/mol. The minimum atomic E-state index is -0.492. The molecule has 0 atom stereocenters. The van der Waals surface area contributed by atoms with Gasteiger partial charge in [0.05, 0.1) is 0 Å². The number of hydrogen-bond acceptors (Lipinski definition) is 3. The van der Waals surface area contributed by atoms with E-state index in [0.29, 0.717) is 12.6 Å². The van der Waals surface area contributed by atoms with Crippen molar-refractivity contribution in [2.45, 2.75) is 31.8 Å². The van der Waals surface area contributed by atoms with Crippen LogP contribution in [-0.4, -0.2) is 46.7 Å². The van der Waals surface area contributed by atoms with Crippen LogP contribution in [0.15, 0.2) is 54.7 Å². The molecule has 2 aromatic carbocycles. The highest BCUT2D eigenvalue weighted by Crippen LogP contribution is 2.28. The number of aliphatic hydroxyl groups excluding tert-OH is 1. The first-order valence-corrected chi connectivity index (χ1v) is 10.6. The lowest BCUT2D eigenvalue weighted by molar-refractivity contribution is -0.123. The molecule has 3 aromatic rings. The fourth-order valence-electron chi connectivity index (χ4n) is 4.28. The monoisotopic (exact) mass is 409 g/mol. The molecule has 1 amide bonds. The molecule has 0 unspecified atom stereocenters. The Morgan fingerprint density at radius 1 is 1.13 bits per heavy atom. The van der Waals surface area contributed by atoms with Crippen molar-refractivity contribution in [2.75, 3.05) is 26.2 Å². The number of nitrogens with zero attached hydrogens (tertiary/aromatic N) is 2. The maximum absolute atomic E-state index is 13.8. The maximum atomic E-state index is 13.8. The van der Waals surface area contributed by atoms with Crippen LogP contribution in [-0.2, 0) is 17.8 Å². The first-order chi connectivity index (χ1) is 14.6. The highest BCUT2D eigenvalue weighted by Gasteiger charge is 2.21. The lowest BCUT2D eigenvalue weighted by Gasteiger charge is -2.33. The van der Waals surface area contributed by atoms with Gasteiger partial charge >= 0.3 is 0 Å². The van der Waals surface area contributed by atoms with Crippen molar-refractivity contribution in [3.63, 3.8) is 0 Å². The lowest BCUT2D eigenvalue weighted by atomic mass is 10.0. The van der Waals surface area contributed by atoms with E-state index in [4.69, 9.17) is 5.11 Å². The van der Waals surface area contributed by atoms with Crippen LogP contribution in [0.25, 0.3) is 10.9 Å². The average Bonchev–Trinajstić information content (AvgIpc) is 3.20. The molecular weight excluding hydrogens is 381 g/mol. The molecule has 30 heavy (non-hydrogen) atoms. The Labute approximate surface area is 176 Å². The fourth-order valence-corrected chi connectivity index (χ4v) is 4.28. The van der Waals surface area contributed by atoms with Gasteiger partial charge in [-0.15, -0.1) is 0 Å². The number of halogens is 1. The maximum Gasteiger partial charge on any atom is 0.245 e. The van der Waals surface area contributed by atoms with Crippen molar-refractivity contribution in [3.05, 3.63) is 71.7 Å². The van der Waals surface area contributed by atoms with E-state index in [2.05, 4.69) is 39.2 Å². The molecule has 0 bridgehead atoms. The molecule has 4 rings (SSSR count). The summed E-state index contributed by atoms with van der Waals surface area (Å²) in [6.07, 6.45) is 5.02. The molecule has 1 saturated heterocycles. The molecule has 0 radical (unpaired) electrons. The standard InChI is InChI=1S/C24H28FN3O2/c25-22-4-2-1-3-19(22)7-11-27-12-9-21(10-13-27)28-14-8-20-6-5-18(15-23(20)28)16-26-24(30)17-29/h1-6,8,14-15,21,29H,7,9-13,16-17H2,(H,26,30). The molecule has 2 N–H and O–H groups in total. The highest BCUT2D eigenvalue weighted by atomic mass is 19.1. The number of benzene rings is 2. The summed E-state index contributed by atoms with van der Waals surface area (Å²) in [6, 6.07) is 15.8. The van der Waals surface area contributed by atoms with E-state index in [9.17, 15) is 9.18 Å². The zero-order chi connectivity index (χ0) is 20.9. The molecular formula is C24H28FN3O2. The molecule has 1 aliphatic rings. The quantitative estimate of drug-likeness (QED) is 0.630. The first-order valence-electron chi connectivity index (χ1n) is 10.6. The van der Waals surface area contributed by atoms with Crippen molar-refractivity contribution in [3.8, 4) is 0 Å². The van der Waals surface area contributed by atoms with Gasteiger partial charge in [-0.3, -0.25) is 4.79 Å². The van der Waals surface area contributed by atoms with Gasteiger partial charge in [-0.25, -0.2) is 4.39 Å². The summed E-state index contributed by atoms with van der Waals surface area (Å²) < 4.78 is 16.2. The number of hydrogen-bond donors (Lipinski definition) is 2. The van der Waals surface area contributed by atoms with Gasteiger partial charge < -0.3 is 19.9 Å². The van der Waals surface area contributed by atoms with Crippen LogP contribution in [0, 0.1) is 5.82 Å². The molecule has 0 aliphatic carbocycles. The van der Waals surface area contributed by atoms with E-state index in [1.54, 1.807) is 6.07 Å². The van der Waals surface area contributed by atoms with Crippen LogP contribution < -0.4 is 5.32 Å². The lowest BCUT2D eigenvalue weighted by Crippen LogP contribution is -2.35. The zero-order valence-electron chi connectivity index (χ0n) is 17.1. The second kappa shape index (κ2) is 9.41. The topological polar surface area (TPSA) is 57.5 Å². The number of piperidine rings is 1. The van der Waals surface area contributed by atoms with Gasteiger partial charge in [-0.05, 0) is 54.0 Å². The van der Waals surface area contributed by atoms with Gasteiger partial charge in [-0.1, -0.05) is 30.3 Å². The van der Waals surface area contributed by atoms with E-state index in [1.165, 1.54) is 17.0 Å². The molecule has 1 fully saturated rings. The zero-order valence-corrected chi connectivity index (χ0v) is 17.1. The van der Waals surface area contributed by atoms with Crippen molar-refractivity contribution < 1.29 is 14.3 Å². The van der Waals surface area contributed by atoms with E-state index in [0.717, 1.165) is 50.0 Å². The molecule has 6 heteroatoms. The summed E-state index contributed by atoms with van der Waals surface area (Å²) >= 11 is 0. The Morgan fingerprint density at radius 3 is 2.70 bits per heavy atom. The second-order valence-electron chi connectivity index (χ2n) is 7.97. The number of amides is 1. The van der Waals surface area contributed by atoms with E-state index in [-0.39, 0.29) is 11.7 Å². The number of carbonyl (C=O) groups is 1. The van der Waals surface area contributed by atoms with Gasteiger partial charge in [0.1, 0.15) is 12.4 Å². The van der Waals surface area contributed by atoms with Crippen LogP contribution in [0.4, 0.5) is 4.39 Å². The van der Waals surface area contributed by atoms with Crippen LogP contribution in [0.2, 0.25) is 0 Å². The summed E-state index contributed by atoms with van der Waals surface area (Å²) in [5.74, 6) is -0.481. The Hall–Kier alpha value is -2.70. The predicted octanol–water partition coefficient (Wildman–Crippen LogP) is 3.27. The number of fused-ring (bicyclic) bond motifs is 1. The van der Waals surface area contributed by atoms with Crippen LogP contribution in [0.5, 0.6) is 0 Å². The van der Waals surface area contributed by atoms with Gasteiger partial charge in [0.2, 0.25) is 5.91 Å². The number of aliphatic hydroxyl groups is 1. The Kier molecular flexibility index (Phi) is 6.45. The number of likely N-dealkylation sites (tertiary alicyclic amines) is 1. The summed E-state index contributed by atoms with van der Waals surface area (Å²) in [7, 11) is 0. The number of rotatable bonds is 7. The summed E-state index contributed by atoms with van der Waals surface area (Å²) in [5, 5.41) is 12.8. The third kappa shape index (κ3) is 4.71. The molecule has 5 nitrogen and oxygen atoms in total. The molecule has 2 heterocycles. The number of carbonyl (C=O) groups excluding carboxylic acids is 1. The Bertz CT molecular complexity index is 1010. The molecule has 1 aromatic heterocycles. The number of nitrogens with one attached hydrogen (secondary N) is 1. The summed E-state index contributed by atoms with van der Waals surface area (Å²) in [5.41, 5.74) is 2.99. The summed E-state index contributed by atoms with van der Waals surface area (Å²) in [6.45, 7) is 2.81. The summed E-state index contributed by atoms with van der Waals surface area (Å²) in [4.78, 5) is 13.7. The smallest absolute Gasteiger partial charge is 0.245 e. The first kappa shape index (κ1) is 20.6. The molecule has 1 aliphatic heterocycles. The van der Waals surface area contributed by atoms with Crippen molar-refractivity contribution >= 4 is 16.8 Å². The highest BCUT2D eigenvalue weighted by molar-refractivity contribution is 5.81. The van der Waals surface area contributed by atoms with Gasteiger partial charge in [0.25, 0.3) is 0 Å². The average molecular weight is 410 g/mol. The third-order valence-electron chi connectivity index (χ3n) is 6.03. The van der Waals surface area contributed by atoms with Gasteiger partial charge in [-0.2, -0.15) is 0 Å². The van der Waals surface area contributed by atoms with E-state index < -0.39 is 6.61 Å². The van der Waals surface area contributed by atoms with Crippen LogP contribution in [0.1, 0.15) is 30.0 Å². The number of aromatic nitrogens is 1. The van der Waals surface area contributed by atoms with Crippen LogP contribution >= 0.6 is 0 Å². The molecule has 0 saturated carbocycles. The minimum absolute atomic E-state index is 0.114. The Balaban J connectivity index is 1.37. The third-order valence-corrected chi connectivity index (χ3v) is 6.03. The Morgan fingerprint density at radius 2 is 1.93 bits per heavy atom. The normalized spacial score (nSPS) is 15.5. The van der Waals surface area contributed by atoms with Crippen molar-refractivity contribution in [1.29, 1.82) is 0 Å². The molecule has 0 spiro atoms. The van der Waals surface area contributed by atoms with E-state index in [1.807, 2.05) is 18.2 Å². The van der Waals surface area contributed by atoms with Crippen LogP contribution in [0.3, 0.4) is 0 Å². The fraction of sp³-hybridized carbons (Fsp3) is 0.375. The van der Waals surface area contributed by atoms with E-state index >= 15 is 0 Å². The van der Waals surface area contributed by atoms with Gasteiger partial charge in [0, 0.05) is 43.9 Å². The SMILES string of the molecule is O=C(CO)NCc1ccc2ccn(C3CCN(CCc4ccccc4F)CC3)c2c1.